The molecule has 0 aromatic rings. The lowest BCUT2D eigenvalue weighted by atomic mass is 9.97. The Hall–Kier alpha value is -0.610. The highest BCUT2D eigenvalue weighted by atomic mass is 16.5. The van der Waals surface area contributed by atoms with Gasteiger partial charge in [0.25, 0.3) is 0 Å². The third-order valence-electron chi connectivity index (χ3n) is 3.38. The van der Waals surface area contributed by atoms with E-state index in [4.69, 9.17) is 15.2 Å². The zero-order valence-corrected chi connectivity index (χ0v) is 10.8. The molecule has 1 heterocycles. The van der Waals surface area contributed by atoms with Crippen molar-refractivity contribution in [3.8, 4) is 0 Å². The van der Waals surface area contributed by atoms with Crippen molar-refractivity contribution in [1.82, 2.24) is 0 Å². The van der Waals surface area contributed by atoms with Crippen LogP contribution in [0.4, 0.5) is 0 Å². The van der Waals surface area contributed by atoms with Crippen LogP contribution in [0, 0.1) is 5.92 Å². The van der Waals surface area contributed by atoms with Gasteiger partial charge in [-0.1, -0.05) is 13.3 Å². The number of hydrogen-bond donors (Lipinski definition) is 1. The molecule has 1 fully saturated rings. The van der Waals surface area contributed by atoms with Crippen molar-refractivity contribution in [3.05, 3.63) is 0 Å². The lowest BCUT2D eigenvalue weighted by Gasteiger charge is -2.22. The van der Waals surface area contributed by atoms with Crippen LogP contribution >= 0.6 is 0 Å². The SMILES string of the molecule is CCC(CCN)CCC(=O)OC1CCOCC1. The molecule has 17 heavy (non-hydrogen) atoms. The van der Waals surface area contributed by atoms with Crippen molar-refractivity contribution in [3.63, 3.8) is 0 Å². The van der Waals surface area contributed by atoms with E-state index in [1.807, 2.05) is 0 Å². The Kier molecular flexibility index (Phi) is 7.21. The Morgan fingerprint density at radius 2 is 2.12 bits per heavy atom. The monoisotopic (exact) mass is 243 g/mol. The van der Waals surface area contributed by atoms with Crippen LogP contribution in [0.5, 0.6) is 0 Å². The first-order chi connectivity index (χ1) is 8.26. The molecule has 1 aliphatic heterocycles. The zero-order chi connectivity index (χ0) is 12.5. The molecule has 1 rings (SSSR count). The molecule has 0 radical (unpaired) electrons. The van der Waals surface area contributed by atoms with Gasteiger partial charge in [-0.3, -0.25) is 4.79 Å². The van der Waals surface area contributed by atoms with Gasteiger partial charge >= 0.3 is 5.97 Å². The second-order valence-corrected chi connectivity index (χ2v) is 4.69. The lowest BCUT2D eigenvalue weighted by Crippen LogP contribution is -2.26. The molecule has 1 atom stereocenters. The van der Waals surface area contributed by atoms with Gasteiger partial charge in [0, 0.05) is 19.3 Å². The maximum atomic E-state index is 11.6. The molecular formula is C13H25NO3. The molecule has 1 unspecified atom stereocenters. The van der Waals surface area contributed by atoms with E-state index in [-0.39, 0.29) is 12.1 Å². The van der Waals surface area contributed by atoms with Crippen molar-refractivity contribution in [2.75, 3.05) is 19.8 Å². The Morgan fingerprint density at radius 3 is 2.71 bits per heavy atom. The van der Waals surface area contributed by atoms with Crippen LogP contribution in [0.15, 0.2) is 0 Å². The van der Waals surface area contributed by atoms with Gasteiger partial charge in [-0.05, 0) is 25.3 Å². The molecule has 4 nitrogen and oxygen atoms in total. The zero-order valence-electron chi connectivity index (χ0n) is 10.8. The molecule has 2 N–H and O–H groups in total. The van der Waals surface area contributed by atoms with Gasteiger partial charge in [0.2, 0.25) is 0 Å². The van der Waals surface area contributed by atoms with Crippen molar-refractivity contribution in [1.29, 1.82) is 0 Å². The first-order valence-corrected chi connectivity index (χ1v) is 6.73. The number of hydrogen-bond acceptors (Lipinski definition) is 4. The van der Waals surface area contributed by atoms with Crippen LogP contribution in [-0.2, 0) is 14.3 Å². The molecule has 0 amide bonds. The maximum Gasteiger partial charge on any atom is 0.306 e. The van der Waals surface area contributed by atoms with Gasteiger partial charge in [0.15, 0.2) is 0 Å². The van der Waals surface area contributed by atoms with E-state index in [2.05, 4.69) is 6.92 Å². The highest BCUT2D eigenvalue weighted by Crippen LogP contribution is 2.17. The van der Waals surface area contributed by atoms with Gasteiger partial charge in [0.05, 0.1) is 13.2 Å². The van der Waals surface area contributed by atoms with Crippen LogP contribution in [-0.4, -0.2) is 31.8 Å². The Balaban J connectivity index is 2.14. The number of carbonyl (C=O) groups is 1. The second kappa shape index (κ2) is 8.48. The predicted molar refractivity (Wildman–Crippen MR) is 66.6 cm³/mol. The average Bonchev–Trinajstić information content (AvgIpc) is 2.35. The smallest absolute Gasteiger partial charge is 0.306 e. The van der Waals surface area contributed by atoms with Crippen LogP contribution in [0.1, 0.15) is 45.4 Å². The summed E-state index contributed by atoms with van der Waals surface area (Å²) in [5, 5.41) is 0. The summed E-state index contributed by atoms with van der Waals surface area (Å²) in [4.78, 5) is 11.6. The first-order valence-electron chi connectivity index (χ1n) is 6.73. The third-order valence-corrected chi connectivity index (χ3v) is 3.38. The van der Waals surface area contributed by atoms with E-state index in [1.165, 1.54) is 0 Å². The van der Waals surface area contributed by atoms with E-state index in [0.29, 0.717) is 32.1 Å². The van der Waals surface area contributed by atoms with Gasteiger partial charge < -0.3 is 15.2 Å². The molecular weight excluding hydrogens is 218 g/mol. The predicted octanol–water partition coefficient (Wildman–Crippen LogP) is 1.86. The number of esters is 1. The standard InChI is InChI=1S/C13H25NO3/c1-2-11(5-8-14)3-4-13(15)17-12-6-9-16-10-7-12/h11-12H,2-10,14H2,1H3. The summed E-state index contributed by atoms with van der Waals surface area (Å²) in [7, 11) is 0. The third kappa shape index (κ3) is 6.03. The number of ether oxygens (including phenoxy) is 2. The Bertz CT molecular complexity index is 215. The number of carbonyl (C=O) groups excluding carboxylic acids is 1. The van der Waals surface area contributed by atoms with Gasteiger partial charge in [-0.2, -0.15) is 0 Å². The highest BCUT2D eigenvalue weighted by Gasteiger charge is 2.18. The second-order valence-electron chi connectivity index (χ2n) is 4.69. The van der Waals surface area contributed by atoms with E-state index in [1.54, 1.807) is 0 Å². The fourth-order valence-corrected chi connectivity index (χ4v) is 2.15. The van der Waals surface area contributed by atoms with Crippen LogP contribution in [0.25, 0.3) is 0 Å². The van der Waals surface area contributed by atoms with Gasteiger partial charge in [-0.15, -0.1) is 0 Å². The maximum absolute atomic E-state index is 11.6. The Morgan fingerprint density at radius 1 is 1.41 bits per heavy atom. The quantitative estimate of drug-likeness (QED) is 0.693. The minimum absolute atomic E-state index is 0.0626. The topological polar surface area (TPSA) is 61.6 Å². The number of nitrogens with two attached hydrogens (primary N) is 1. The van der Waals surface area contributed by atoms with Crippen LogP contribution < -0.4 is 5.73 Å². The van der Waals surface area contributed by atoms with Crippen molar-refractivity contribution < 1.29 is 14.3 Å². The molecule has 0 spiro atoms. The molecule has 0 saturated carbocycles. The van der Waals surface area contributed by atoms with Crippen molar-refractivity contribution in [2.45, 2.75) is 51.6 Å². The molecule has 0 aromatic carbocycles. The fourth-order valence-electron chi connectivity index (χ4n) is 2.15. The van der Waals surface area contributed by atoms with Crippen molar-refractivity contribution >= 4 is 5.97 Å². The first kappa shape index (κ1) is 14.5. The largest absolute Gasteiger partial charge is 0.462 e. The van der Waals surface area contributed by atoms with Crippen LogP contribution in [0.3, 0.4) is 0 Å². The molecule has 4 heteroatoms. The number of rotatable bonds is 7. The van der Waals surface area contributed by atoms with E-state index in [9.17, 15) is 4.79 Å². The minimum Gasteiger partial charge on any atom is -0.462 e. The Labute approximate surface area is 104 Å². The summed E-state index contributed by atoms with van der Waals surface area (Å²) >= 11 is 0. The highest BCUT2D eigenvalue weighted by molar-refractivity contribution is 5.69. The summed E-state index contributed by atoms with van der Waals surface area (Å²) in [6.45, 7) is 4.27. The molecule has 1 saturated heterocycles. The summed E-state index contributed by atoms with van der Waals surface area (Å²) in [5.41, 5.74) is 5.53. The van der Waals surface area contributed by atoms with E-state index in [0.717, 1.165) is 32.1 Å². The fraction of sp³-hybridized carbons (Fsp3) is 0.923. The van der Waals surface area contributed by atoms with Gasteiger partial charge in [0.1, 0.15) is 6.10 Å². The van der Waals surface area contributed by atoms with E-state index < -0.39 is 0 Å². The summed E-state index contributed by atoms with van der Waals surface area (Å²) in [6.07, 6.45) is 5.26. The van der Waals surface area contributed by atoms with Crippen LogP contribution in [0.2, 0.25) is 0 Å². The summed E-state index contributed by atoms with van der Waals surface area (Å²) in [5.74, 6) is 0.495. The van der Waals surface area contributed by atoms with E-state index >= 15 is 0 Å². The van der Waals surface area contributed by atoms with Crippen molar-refractivity contribution in [2.24, 2.45) is 11.7 Å². The minimum atomic E-state index is -0.0626. The molecule has 0 aromatic heterocycles. The molecule has 100 valence electrons. The molecule has 0 aliphatic carbocycles. The molecule has 0 bridgehead atoms. The summed E-state index contributed by atoms with van der Waals surface area (Å²) in [6, 6.07) is 0. The average molecular weight is 243 g/mol. The lowest BCUT2D eigenvalue weighted by molar-refractivity contribution is -0.153. The summed E-state index contributed by atoms with van der Waals surface area (Å²) < 4.78 is 10.6. The molecule has 1 aliphatic rings. The normalized spacial score (nSPS) is 18.9. The van der Waals surface area contributed by atoms with Gasteiger partial charge in [-0.25, -0.2) is 0 Å².